The normalized spacial score (nSPS) is 12.7. The minimum atomic E-state index is -4.81. The van der Waals surface area contributed by atoms with E-state index in [2.05, 4.69) is 0 Å². The van der Waals surface area contributed by atoms with Crippen LogP contribution in [0.25, 0.3) is 0 Å². The molecule has 0 amide bonds. The maximum absolute atomic E-state index is 12.0. The minimum absolute atomic E-state index is 0.846. The molecule has 0 aromatic carbocycles. The molecule has 2 nitrogen and oxygen atoms in total. The smallest absolute Gasteiger partial charge is 0.299 e. The molecular formula is C6H5F5O2. The number of rotatable bonds is 4. The zero-order valence-electron chi connectivity index (χ0n) is 6.20. The number of hydrogen-bond acceptors (Lipinski definition) is 2. The molecule has 0 radical (unpaired) electrons. The Kier molecular flexibility index (Phi) is 3.50. The zero-order chi connectivity index (χ0) is 10.7. The first-order chi connectivity index (χ1) is 5.66. The highest BCUT2D eigenvalue weighted by molar-refractivity contribution is 5.83. The van der Waals surface area contributed by atoms with Crippen LogP contribution >= 0.6 is 0 Å². The largest absolute Gasteiger partial charge is 0.395 e. The SMILES string of the molecule is O=CC(F)(F)CC(=O)CC(F)(F)F. The molecule has 0 aliphatic heterocycles. The number of carbonyl (C=O) groups is 2. The van der Waals surface area contributed by atoms with E-state index < -0.39 is 37.0 Å². The summed E-state index contributed by atoms with van der Waals surface area (Å²) in [5, 5.41) is 0. The molecular weight excluding hydrogens is 199 g/mol. The van der Waals surface area contributed by atoms with E-state index in [0.717, 1.165) is 0 Å². The molecule has 0 saturated heterocycles. The van der Waals surface area contributed by atoms with Crippen LogP contribution in [0.5, 0.6) is 0 Å². The van der Waals surface area contributed by atoms with Gasteiger partial charge >= 0.3 is 12.1 Å². The van der Waals surface area contributed by atoms with Crippen LogP contribution in [-0.2, 0) is 9.59 Å². The Morgan fingerprint density at radius 1 is 1.08 bits per heavy atom. The molecule has 0 bridgehead atoms. The summed E-state index contributed by atoms with van der Waals surface area (Å²) < 4.78 is 58.3. The molecule has 13 heavy (non-hydrogen) atoms. The summed E-state index contributed by atoms with van der Waals surface area (Å²) in [6.07, 6.45) is -9.29. The summed E-state index contributed by atoms with van der Waals surface area (Å²) in [5.41, 5.74) is 0. The highest BCUT2D eigenvalue weighted by atomic mass is 19.4. The predicted octanol–water partition coefficient (Wildman–Crippen LogP) is 1.73. The number of carbonyl (C=O) groups excluding carboxylic acids is 2. The van der Waals surface area contributed by atoms with Crippen molar-refractivity contribution in [3.05, 3.63) is 0 Å². The van der Waals surface area contributed by atoms with Crippen molar-refractivity contribution < 1.29 is 31.5 Å². The lowest BCUT2D eigenvalue weighted by Gasteiger charge is -2.08. The quantitative estimate of drug-likeness (QED) is 0.516. The van der Waals surface area contributed by atoms with Crippen molar-refractivity contribution in [2.45, 2.75) is 24.9 Å². The van der Waals surface area contributed by atoms with Crippen molar-refractivity contribution in [1.82, 2.24) is 0 Å². The van der Waals surface area contributed by atoms with Gasteiger partial charge in [-0.25, -0.2) is 0 Å². The van der Waals surface area contributed by atoms with Crippen LogP contribution < -0.4 is 0 Å². The van der Waals surface area contributed by atoms with E-state index in [1.807, 2.05) is 0 Å². The molecule has 0 aliphatic carbocycles. The maximum atomic E-state index is 12.0. The third-order valence-corrected chi connectivity index (χ3v) is 1.00. The van der Waals surface area contributed by atoms with Gasteiger partial charge in [0, 0.05) is 0 Å². The molecule has 0 rings (SSSR count). The van der Waals surface area contributed by atoms with Gasteiger partial charge in [-0.3, -0.25) is 9.59 Å². The third-order valence-electron chi connectivity index (χ3n) is 1.00. The molecule has 0 unspecified atom stereocenters. The Balaban J connectivity index is 4.10. The van der Waals surface area contributed by atoms with Gasteiger partial charge in [0.1, 0.15) is 12.2 Å². The van der Waals surface area contributed by atoms with Crippen molar-refractivity contribution in [3.63, 3.8) is 0 Å². The fourth-order valence-electron chi connectivity index (χ4n) is 0.591. The summed E-state index contributed by atoms with van der Waals surface area (Å²) in [6.45, 7) is 0. The third kappa shape index (κ3) is 6.18. The highest BCUT2D eigenvalue weighted by Crippen LogP contribution is 2.24. The molecule has 0 aromatic rings. The molecule has 0 spiro atoms. The molecule has 0 saturated carbocycles. The predicted molar refractivity (Wildman–Crippen MR) is 31.3 cm³/mol. The molecule has 0 aromatic heterocycles. The van der Waals surface area contributed by atoms with Crippen LogP contribution in [0.1, 0.15) is 12.8 Å². The Morgan fingerprint density at radius 3 is 1.85 bits per heavy atom. The first-order valence-corrected chi connectivity index (χ1v) is 3.09. The van der Waals surface area contributed by atoms with Crippen molar-refractivity contribution in [3.8, 4) is 0 Å². The van der Waals surface area contributed by atoms with Crippen LogP contribution in [0.3, 0.4) is 0 Å². The molecule has 76 valence electrons. The van der Waals surface area contributed by atoms with Gasteiger partial charge in [-0.1, -0.05) is 0 Å². The average molecular weight is 204 g/mol. The van der Waals surface area contributed by atoms with E-state index in [1.54, 1.807) is 0 Å². The van der Waals surface area contributed by atoms with Gasteiger partial charge in [0.05, 0.1) is 6.42 Å². The number of aldehydes is 1. The van der Waals surface area contributed by atoms with Crippen LogP contribution in [0, 0.1) is 0 Å². The lowest BCUT2D eigenvalue weighted by molar-refractivity contribution is -0.158. The van der Waals surface area contributed by atoms with Gasteiger partial charge < -0.3 is 0 Å². The van der Waals surface area contributed by atoms with E-state index in [-0.39, 0.29) is 0 Å². The fraction of sp³-hybridized carbons (Fsp3) is 0.667. The van der Waals surface area contributed by atoms with E-state index in [0.29, 0.717) is 0 Å². The van der Waals surface area contributed by atoms with Crippen LogP contribution in [0.2, 0.25) is 0 Å². The van der Waals surface area contributed by atoms with Gasteiger partial charge in [-0.15, -0.1) is 0 Å². The number of hydrogen-bond donors (Lipinski definition) is 0. The molecule has 0 heterocycles. The Bertz CT molecular complexity index is 208. The van der Waals surface area contributed by atoms with Gasteiger partial charge in [0.15, 0.2) is 6.29 Å². The number of halogens is 5. The average Bonchev–Trinajstić information content (AvgIpc) is 1.81. The summed E-state index contributed by atoms with van der Waals surface area (Å²) >= 11 is 0. The molecule has 0 aliphatic rings. The van der Waals surface area contributed by atoms with Crippen molar-refractivity contribution in [2.24, 2.45) is 0 Å². The summed E-state index contributed by atoms with van der Waals surface area (Å²) in [7, 11) is 0. The number of ketones is 1. The van der Waals surface area contributed by atoms with E-state index in [4.69, 9.17) is 0 Å². The Labute approximate surface area is 69.7 Å². The van der Waals surface area contributed by atoms with Crippen LogP contribution in [0.4, 0.5) is 22.0 Å². The molecule has 0 fully saturated rings. The zero-order valence-corrected chi connectivity index (χ0v) is 6.20. The maximum Gasteiger partial charge on any atom is 0.395 e. The topological polar surface area (TPSA) is 34.1 Å². The second-order valence-electron chi connectivity index (χ2n) is 2.39. The minimum Gasteiger partial charge on any atom is -0.299 e. The number of Topliss-reactive ketones (excluding diaryl/α,β-unsaturated/α-hetero) is 1. The molecule has 0 N–H and O–H groups in total. The number of alkyl halides is 5. The standard InChI is InChI=1S/C6H5F5O2/c7-5(8,3-12)1-4(13)2-6(9,10)11/h3H,1-2H2. The van der Waals surface area contributed by atoms with Gasteiger partial charge in [-0.05, 0) is 0 Å². The van der Waals surface area contributed by atoms with Crippen LogP contribution in [-0.4, -0.2) is 24.2 Å². The monoisotopic (exact) mass is 204 g/mol. The summed E-state index contributed by atoms with van der Waals surface area (Å²) in [5.74, 6) is -5.70. The van der Waals surface area contributed by atoms with Crippen molar-refractivity contribution in [2.75, 3.05) is 0 Å². The second kappa shape index (κ2) is 3.80. The first kappa shape index (κ1) is 12.0. The first-order valence-electron chi connectivity index (χ1n) is 3.09. The van der Waals surface area contributed by atoms with E-state index in [9.17, 15) is 31.5 Å². The summed E-state index contributed by atoms with van der Waals surface area (Å²) in [4.78, 5) is 19.8. The lowest BCUT2D eigenvalue weighted by Crippen LogP contribution is -2.25. The highest BCUT2D eigenvalue weighted by Gasteiger charge is 2.37. The fourth-order valence-corrected chi connectivity index (χ4v) is 0.591. The molecule has 7 heteroatoms. The lowest BCUT2D eigenvalue weighted by atomic mass is 10.1. The summed E-state index contributed by atoms with van der Waals surface area (Å²) in [6, 6.07) is 0. The Morgan fingerprint density at radius 2 is 1.54 bits per heavy atom. The Hall–Kier alpha value is -1.01. The van der Waals surface area contributed by atoms with Crippen molar-refractivity contribution in [1.29, 1.82) is 0 Å². The van der Waals surface area contributed by atoms with E-state index in [1.165, 1.54) is 0 Å². The van der Waals surface area contributed by atoms with Gasteiger partial charge in [-0.2, -0.15) is 22.0 Å². The van der Waals surface area contributed by atoms with Crippen molar-refractivity contribution >= 4 is 12.1 Å². The van der Waals surface area contributed by atoms with Gasteiger partial charge in [0.2, 0.25) is 0 Å². The second-order valence-corrected chi connectivity index (χ2v) is 2.39. The van der Waals surface area contributed by atoms with Gasteiger partial charge in [0.25, 0.3) is 0 Å². The van der Waals surface area contributed by atoms with E-state index >= 15 is 0 Å². The molecule has 0 atom stereocenters. The van der Waals surface area contributed by atoms with Crippen LogP contribution in [0.15, 0.2) is 0 Å².